The molecule has 0 N–H and O–H groups in total. The van der Waals surface area contributed by atoms with Crippen LogP contribution in [0.1, 0.15) is 25.7 Å². The minimum Gasteiger partial charge on any atom is -0.382 e. The van der Waals surface area contributed by atoms with E-state index in [1.165, 1.54) is 6.42 Å². The third-order valence-corrected chi connectivity index (χ3v) is 3.29. The number of alkyl halides is 1. The molecule has 1 fully saturated rings. The lowest BCUT2D eigenvalue weighted by Gasteiger charge is -2.37. The zero-order valence-corrected chi connectivity index (χ0v) is 11.2. The molecule has 0 aliphatic heterocycles. The first-order chi connectivity index (χ1) is 8.29. The maximum atomic E-state index is 12.0. The highest BCUT2D eigenvalue weighted by Gasteiger charge is 2.28. The third kappa shape index (κ3) is 5.23. The van der Waals surface area contributed by atoms with Gasteiger partial charge in [0, 0.05) is 25.6 Å². The van der Waals surface area contributed by atoms with E-state index in [0.29, 0.717) is 25.1 Å². The predicted molar refractivity (Wildman–Crippen MR) is 67.4 cm³/mol. The number of amides is 1. The zero-order valence-electron chi connectivity index (χ0n) is 10.5. The standard InChI is InChI=1S/C12H22ClNO3/c1-16-8-9-17-10-12(15)14(7-3-6-13)11-4-2-5-11/h11H,2-10H2,1H3. The molecule has 0 aromatic rings. The van der Waals surface area contributed by atoms with E-state index in [-0.39, 0.29) is 12.5 Å². The molecule has 1 aliphatic carbocycles. The predicted octanol–water partition coefficient (Wildman–Crippen LogP) is 1.66. The fraction of sp³-hybridized carbons (Fsp3) is 0.917. The maximum Gasteiger partial charge on any atom is 0.248 e. The molecule has 4 nitrogen and oxygen atoms in total. The molecule has 0 heterocycles. The molecule has 0 unspecified atom stereocenters. The Morgan fingerprint density at radius 2 is 2.18 bits per heavy atom. The van der Waals surface area contributed by atoms with Crippen LogP contribution < -0.4 is 0 Å². The second-order valence-electron chi connectivity index (χ2n) is 4.26. The molecule has 0 bridgehead atoms. The second-order valence-corrected chi connectivity index (χ2v) is 4.64. The Kier molecular flexibility index (Phi) is 7.56. The van der Waals surface area contributed by atoms with Crippen molar-refractivity contribution in [1.29, 1.82) is 0 Å². The minimum atomic E-state index is 0.0796. The van der Waals surface area contributed by atoms with Crippen LogP contribution in [0.5, 0.6) is 0 Å². The van der Waals surface area contributed by atoms with Crippen molar-refractivity contribution in [3.05, 3.63) is 0 Å². The summed E-state index contributed by atoms with van der Waals surface area (Å²) >= 11 is 5.68. The summed E-state index contributed by atoms with van der Waals surface area (Å²) in [6, 6.07) is 0.414. The molecule has 0 aromatic carbocycles. The Morgan fingerprint density at radius 1 is 1.41 bits per heavy atom. The van der Waals surface area contributed by atoms with Crippen molar-refractivity contribution >= 4 is 17.5 Å². The normalized spacial score (nSPS) is 15.6. The summed E-state index contributed by atoms with van der Waals surface area (Å²) in [5, 5.41) is 0. The molecule has 0 radical (unpaired) electrons. The Morgan fingerprint density at radius 3 is 2.71 bits per heavy atom. The van der Waals surface area contributed by atoms with E-state index in [0.717, 1.165) is 25.8 Å². The van der Waals surface area contributed by atoms with Crippen molar-refractivity contribution in [3.8, 4) is 0 Å². The summed E-state index contributed by atoms with van der Waals surface area (Å²) in [6.45, 7) is 1.90. The smallest absolute Gasteiger partial charge is 0.248 e. The average molecular weight is 264 g/mol. The lowest BCUT2D eigenvalue weighted by molar-refractivity contribution is -0.140. The van der Waals surface area contributed by atoms with Gasteiger partial charge in [-0.15, -0.1) is 11.6 Å². The van der Waals surface area contributed by atoms with Gasteiger partial charge >= 0.3 is 0 Å². The molecule has 0 spiro atoms. The maximum absolute atomic E-state index is 12.0. The fourth-order valence-electron chi connectivity index (χ4n) is 1.82. The third-order valence-electron chi connectivity index (χ3n) is 3.03. The van der Waals surface area contributed by atoms with Crippen LogP contribution in [-0.2, 0) is 14.3 Å². The first-order valence-corrected chi connectivity index (χ1v) is 6.75. The number of ether oxygens (including phenoxy) is 2. The number of carbonyl (C=O) groups is 1. The first kappa shape index (κ1) is 14.7. The lowest BCUT2D eigenvalue weighted by atomic mass is 9.91. The number of hydrogen-bond acceptors (Lipinski definition) is 3. The van der Waals surface area contributed by atoms with E-state index in [2.05, 4.69) is 0 Å². The van der Waals surface area contributed by atoms with Crippen molar-refractivity contribution in [3.63, 3.8) is 0 Å². The summed E-state index contributed by atoms with van der Waals surface area (Å²) in [7, 11) is 1.62. The molecule has 17 heavy (non-hydrogen) atoms. The van der Waals surface area contributed by atoms with Gasteiger partial charge in [-0.2, -0.15) is 0 Å². The van der Waals surface area contributed by atoms with E-state index >= 15 is 0 Å². The Labute approximate surface area is 108 Å². The first-order valence-electron chi connectivity index (χ1n) is 6.21. The molecule has 0 atom stereocenters. The molecule has 1 saturated carbocycles. The molecule has 5 heteroatoms. The molecule has 1 rings (SSSR count). The van der Waals surface area contributed by atoms with Gasteiger partial charge in [-0.3, -0.25) is 4.79 Å². The SMILES string of the molecule is COCCOCC(=O)N(CCCCl)C1CCC1. The van der Waals surface area contributed by atoms with Crippen molar-refractivity contribution in [1.82, 2.24) is 4.90 Å². The zero-order chi connectivity index (χ0) is 12.5. The van der Waals surface area contributed by atoms with E-state index in [9.17, 15) is 4.79 Å². The van der Waals surface area contributed by atoms with Gasteiger partial charge in [0.15, 0.2) is 0 Å². The molecule has 100 valence electrons. The number of hydrogen-bond donors (Lipinski definition) is 0. The van der Waals surface area contributed by atoms with Crippen molar-refractivity contribution < 1.29 is 14.3 Å². The Balaban J connectivity index is 2.26. The van der Waals surface area contributed by atoms with Gasteiger partial charge in [0.05, 0.1) is 13.2 Å². The summed E-state index contributed by atoms with van der Waals surface area (Å²) < 4.78 is 10.1. The fourth-order valence-corrected chi connectivity index (χ4v) is 1.94. The van der Waals surface area contributed by atoms with Crippen molar-refractivity contribution in [2.45, 2.75) is 31.7 Å². The van der Waals surface area contributed by atoms with Gasteiger partial charge in [-0.25, -0.2) is 0 Å². The van der Waals surface area contributed by atoms with Gasteiger partial charge in [0.1, 0.15) is 6.61 Å². The van der Waals surface area contributed by atoms with Crippen LogP contribution in [0.3, 0.4) is 0 Å². The van der Waals surface area contributed by atoms with Gasteiger partial charge in [0.25, 0.3) is 0 Å². The summed E-state index contributed by atoms with van der Waals surface area (Å²) in [5.74, 6) is 0.678. The lowest BCUT2D eigenvalue weighted by Crippen LogP contribution is -2.46. The quantitative estimate of drug-likeness (QED) is 0.469. The highest BCUT2D eigenvalue weighted by atomic mass is 35.5. The molecular formula is C12H22ClNO3. The topological polar surface area (TPSA) is 38.8 Å². The van der Waals surface area contributed by atoms with Crippen LogP contribution in [0.25, 0.3) is 0 Å². The second kappa shape index (κ2) is 8.72. The Bertz CT molecular complexity index is 222. The molecular weight excluding hydrogens is 242 g/mol. The van der Waals surface area contributed by atoms with Crippen LogP contribution in [0.4, 0.5) is 0 Å². The Hall–Kier alpha value is -0.320. The summed E-state index contributed by atoms with van der Waals surface area (Å²) in [4.78, 5) is 13.9. The van der Waals surface area contributed by atoms with Crippen LogP contribution in [0.2, 0.25) is 0 Å². The molecule has 1 amide bonds. The highest BCUT2D eigenvalue weighted by molar-refractivity contribution is 6.17. The van der Waals surface area contributed by atoms with Crippen LogP contribution in [-0.4, -0.2) is 56.2 Å². The minimum absolute atomic E-state index is 0.0796. The highest BCUT2D eigenvalue weighted by Crippen LogP contribution is 2.25. The van der Waals surface area contributed by atoms with Gasteiger partial charge in [0.2, 0.25) is 5.91 Å². The average Bonchev–Trinajstić information content (AvgIpc) is 2.27. The van der Waals surface area contributed by atoms with Crippen molar-refractivity contribution in [2.75, 3.05) is 39.4 Å². The monoisotopic (exact) mass is 263 g/mol. The largest absolute Gasteiger partial charge is 0.382 e. The van der Waals surface area contributed by atoms with E-state index in [4.69, 9.17) is 21.1 Å². The van der Waals surface area contributed by atoms with E-state index < -0.39 is 0 Å². The van der Waals surface area contributed by atoms with E-state index in [1.54, 1.807) is 7.11 Å². The molecule has 0 aromatic heterocycles. The van der Waals surface area contributed by atoms with Gasteiger partial charge in [-0.05, 0) is 25.7 Å². The van der Waals surface area contributed by atoms with E-state index in [1.807, 2.05) is 4.90 Å². The number of carbonyl (C=O) groups excluding carboxylic acids is 1. The number of rotatable bonds is 9. The summed E-state index contributed by atoms with van der Waals surface area (Å²) in [5.41, 5.74) is 0. The van der Waals surface area contributed by atoms with Crippen LogP contribution in [0.15, 0.2) is 0 Å². The summed E-state index contributed by atoms with van der Waals surface area (Å²) in [6.07, 6.45) is 4.31. The molecule has 0 saturated heterocycles. The van der Waals surface area contributed by atoms with Gasteiger partial charge in [-0.1, -0.05) is 0 Å². The van der Waals surface area contributed by atoms with Crippen LogP contribution >= 0.6 is 11.6 Å². The number of nitrogens with zero attached hydrogens (tertiary/aromatic N) is 1. The number of halogens is 1. The molecule has 1 aliphatic rings. The van der Waals surface area contributed by atoms with Crippen molar-refractivity contribution in [2.24, 2.45) is 0 Å². The van der Waals surface area contributed by atoms with Crippen LogP contribution in [0, 0.1) is 0 Å². The van der Waals surface area contributed by atoms with Gasteiger partial charge < -0.3 is 14.4 Å². The number of methoxy groups -OCH3 is 1.